The Morgan fingerprint density at radius 3 is 2.71 bits per heavy atom. The van der Waals surface area contributed by atoms with Crippen molar-refractivity contribution in [2.45, 2.75) is 20.7 Å². The van der Waals surface area contributed by atoms with Gasteiger partial charge in [-0.15, -0.1) is 4.91 Å². The van der Waals surface area contributed by atoms with Gasteiger partial charge in [0.15, 0.2) is 0 Å². The second kappa shape index (κ2) is 5.98. The maximum Gasteiger partial charge on any atom is 0.245 e. The van der Waals surface area contributed by atoms with Crippen molar-refractivity contribution in [2.24, 2.45) is 5.29 Å². The number of aryl methyl sites for hydroxylation is 2. The maximum atomic E-state index is 12.0. The van der Waals surface area contributed by atoms with Gasteiger partial charge in [-0.3, -0.25) is 9.80 Å². The first kappa shape index (κ1) is 7.42. The summed E-state index contributed by atoms with van der Waals surface area (Å²) in [5.41, 5.74) is 2.11. The van der Waals surface area contributed by atoms with Crippen LogP contribution in [-0.2, 0) is 4.79 Å². The average molecular weight is 240 g/mol. The lowest BCUT2D eigenvalue weighted by molar-refractivity contribution is -0.117. The van der Waals surface area contributed by atoms with Gasteiger partial charge in [0.25, 0.3) is 0 Å². The van der Waals surface area contributed by atoms with E-state index in [0.29, 0.717) is 5.69 Å². The summed E-state index contributed by atoms with van der Waals surface area (Å²) in [5, 5.41) is 4.96. The molecule has 0 unspecified atom stereocenters. The second-order valence-corrected chi connectivity index (χ2v) is 3.57. The number of hydrogen-bond donors (Lipinski definition) is 1. The molecule has 0 atom stereocenters. The Hall–Kier alpha value is -1.91. The monoisotopic (exact) mass is 240 g/mol. The summed E-state index contributed by atoms with van der Waals surface area (Å²) in [5.74, 6) is -0.731. The first-order valence-electron chi connectivity index (χ1n) is 7.47. The number of likely N-dealkylation sites (N-methyl/N-ethyl adjacent to an activating group) is 1. The van der Waals surface area contributed by atoms with Crippen LogP contribution in [0.3, 0.4) is 0 Å². The molecule has 17 heavy (non-hydrogen) atoms. The van der Waals surface area contributed by atoms with Gasteiger partial charge in [0.1, 0.15) is 6.54 Å². The van der Waals surface area contributed by atoms with Crippen LogP contribution in [0.15, 0.2) is 23.5 Å². The van der Waals surface area contributed by atoms with Crippen LogP contribution < -0.4 is 5.32 Å². The third-order valence-electron chi connectivity index (χ3n) is 2.27. The lowest BCUT2D eigenvalue weighted by atomic mass is 10.1. The molecule has 0 aliphatic heterocycles. The number of amides is 1. The van der Waals surface area contributed by atoms with Crippen molar-refractivity contribution in [3.8, 4) is 0 Å². The number of carbonyl (C=O) groups excluding carboxylic acids is 1. The fourth-order valence-corrected chi connectivity index (χ4v) is 1.42. The second-order valence-electron chi connectivity index (χ2n) is 3.57. The molecule has 0 aromatic heterocycles. The van der Waals surface area contributed by atoms with E-state index in [2.05, 4.69) is 10.6 Å². The van der Waals surface area contributed by atoms with E-state index in [1.807, 2.05) is 6.07 Å². The molecule has 0 saturated heterocycles. The van der Waals surface area contributed by atoms with Crippen molar-refractivity contribution < 1.29 is 11.6 Å². The molecule has 0 saturated carbocycles. The molecular formula is C12H17N3O2. The van der Waals surface area contributed by atoms with E-state index in [0.717, 1.165) is 11.1 Å². The number of benzene rings is 1. The van der Waals surface area contributed by atoms with E-state index in [9.17, 15) is 9.70 Å². The maximum absolute atomic E-state index is 12.0. The fraction of sp³-hybridized carbons (Fsp3) is 0.417. The van der Waals surface area contributed by atoms with E-state index in [1.54, 1.807) is 26.0 Å². The van der Waals surface area contributed by atoms with Crippen molar-refractivity contribution in [2.75, 3.05) is 18.4 Å². The fourth-order valence-electron chi connectivity index (χ4n) is 1.42. The number of hydrogen-bond acceptors (Lipinski definition) is 3. The molecule has 0 bridgehead atoms. The summed E-state index contributed by atoms with van der Waals surface area (Å²) >= 11 is 0. The van der Waals surface area contributed by atoms with Crippen LogP contribution in [0.25, 0.3) is 0 Å². The Kier molecular flexibility index (Phi) is 2.61. The summed E-state index contributed by atoms with van der Waals surface area (Å²) in [6.45, 7) is -3.39. The number of anilines is 1. The van der Waals surface area contributed by atoms with E-state index in [1.165, 1.54) is 0 Å². The zero-order valence-electron chi connectivity index (χ0n) is 14.7. The number of nitrogens with one attached hydrogen (secondary N) is 1. The molecule has 0 aliphatic rings. The number of nitrogens with zero attached hydrogens (tertiary/aromatic N) is 2. The van der Waals surface area contributed by atoms with E-state index < -0.39 is 25.8 Å². The molecular weight excluding hydrogens is 218 g/mol. The minimum Gasteiger partial charge on any atom is -0.324 e. The largest absolute Gasteiger partial charge is 0.324 e. The molecule has 1 N–H and O–H groups in total. The molecule has 1 amide bonds. The van der Waals surface area contributed by atoms with Crippen LogP contribution >= 0.6 is 0 Å². The van der Waals surface area contributed by atoms with E-state index in [4.69, 9.17) is 6.85 Å². The Morgan fingerprint density at radius 2 is 2.18 bits per heavy atom. The summed E-state index contributed by atoms with van der Waals surface area (Å²) in [6.07, 6.45) is 0. The van der Waals surface area contributed by atoms with Gasteiger partial charge in [0.2, 0.25) is 5.91 Å². The highest BCUT2D eigenvalue weighted by Gasteiger charge is 2.10. The summed E-state index contributed by atoms with van der Waals surface area (Å²) in [4.78, 5) is 22.7. The van der Waals surface area contributed by atoms with Crippen LogP contribution in [0.4, 0.5) is 5.69 Å². The first-order valence-corrected chi connectivity index (χ1v) is 4.97. The standard InChI is InChI=1S/C12H17N3O2/c1-4-15(14-17)8-11(16)13-12-9(2)6-5-7-10(12)3/h5-7H,4,8H2,1-3H3,(H,13,16)/i1D3,4D2. The Labute approximate surface area is 108 Å². The van der Waals surface area contributed by atoms with Gasteiger partial charge in [0, 0.05) is 16.3 Å². The molecule has 0 aliphatic carbocycles. The van der Waals surface area contributed by atoms with Crippen molar-refractivity contribution in [1.29, 1.82) is 0 Å². The summed E-state index contributed by atoms with van der Waals surface area (Å²) in [7, 11) is 0. The molecule has 0 heterocycles. The van der Waals surface area contributed by atoms with Crippen LogP contribution in [0.2, 0.25) is 0 Å². The van der Waals surface area contributed by atoms with Gasteiger partial charge in [-0.2, -0.15) is 0 Å². The van der Waals surface area contributed by atoms with Crippen LogP contribution in [0.5, 0.6) is 0 Å². The summed E-state index contributed by atoms with van der Waals surface area (Å²) in [6, 6.07) is 5.37. The topological polar surface area (TPSA) is 61.8 Å². The highest BCUT2D eigenvalue weighted by molar-refractivity contribution is 5.93. The zero-order chi connectivity index (χ0) is 17.1. The average Bonchev–Trinajstić information content (AvgIpc) is 2.39. The van der Waals surface area contributed by atoms with Crippen molar-refractivity contribution in [1.82, 2.24) is 5.01 Å². The lowest BCUT2D eigenvalue weighted by Crippen LogP contribution is -2.29. The van der Waals surface area contributed by atoms with Crippen LogP contribution in [-0.4, -0.2) is 24.0 Å². The molecule has 92 valence electrons. The molecule has 1 rings (SSSR count). The van der Waals surface area contributed by atoms with E-state index >= 15 is 0 Å². The van der Waals surface area contributed by atoms with Gasteiger partial charge in [-0.1, -0.05) is 18.2 Å². The smallest absolute Gasteiger partial charge is 0.245 e. The van der Waals surface area contributed by atoms with Crippen molar-refractivity contribution >= 4 is 11.6 Å². The van der Waals surface area contributed by atoms with Gasteiger partial charge < -0.3 is 5.32 Å². The van der Waals surface area contributed by atoms with Gasteiger partial charge in [0.05, 0.1) is 8.03 Å². The van der Waals surface area contributed by atoms with E-state index in [-0.39, 0.29) is 5.01 Å². The zero-order valence-corrected chi connectivity index (χ0v) is 9.65. The van der Waals surface area contributed by atoms with Crippen molar-refractivity contribution in [3.63, 3.8) is 0 Å². The van der Waals surface area contributed by atoms with Gasteiger partial charge in [-0.05, 0) is 31.8 Å². The Balaban J connectivity index is 2.89. The van der Waals surface area contributed by atoms with Crippen LogP contribution in [0, 0.1) is 18.8 Å². The number of nitroso groups, excluding NO2 is 1. The minimum atomic E-state index is -3.11. The number of carbonyl (C=O) groups is 1. The SMILES string of the molecule is [2H]C([2H])([2H])C([2H])([2H])N(CC(=O)Nc1c(C)cccc1C)N=O. The van der Waals surface area contributed by atoms with Crippen molar-refractivity contribution in [3.05, 3.63) is 34.2 Å². The van der Waals surface area contributed by atoms with Gasteiger partial charge in [-0.25, -0.2) is 0 Å². The summed E-state index contributed by atoms with van der Waals surface area (Å²) < 4.78 is 36.2. The third kappa shape index (κ3) is 3.55. The third-order valence-corrected chi connectivity index (χ3v) is 2.27. The minimum absolute atomic E-state index is 0.0863. The van der Waals surface area contributed by atoms with Gasteiger partial charge >= 0.3 is 0 Å². The lowest BCUT2D eigenvalue weighted by Gasteiger charge is -2.14. The predicted octanol–water partition coefficient (Wildman–Crippen LogP) is 2.25. The number of rotatable bonds is 5. The molecule has 0 radical (unpaired) electrons. The normalized spacial score (nSPS) is 15.8. The molecule has 0 spiro atoms. The first-order chi connectivity index (χ1) is 10.0. The highest BCUT2D eigenvalue weighted by Crippen LogP contribution is 2.19. The van der Waals surface area contributed by atoms with Crippen LogP contribution in [0.1, 0.15) is 24.8 Å². The Bertz CT molecular complexity index is 554. The molecule has 1 aromatic carbocycles. The predicted molar refractivity (Wildman–Crippen MR) is 67.6 cm³/mol. The highest BCUT2D eigenvalue weighted by atomic mass is 16.3. The number of para-hydroxylation sites is 1. The quantitative estimate of drug-likeness (QED) is 0.634. The molecule has 5 nitrogen and oxygen atoms in total. The molecule has 5 heteroatoms. The molecule has 1 aromatic rings. The Morgan fingerprint density at radius 1 is 1.53 bits per heavy atom. The molecule has 0 fully saturated rings.